The van der Waals surface area contributed by atoms with Gasteiger partial charge in [-0.2, -0.15) is 0 Å². The minimum absolute atomic E-state index is 0.0757. The monoisotopic (exact) mass is 298 g/mol. The van der Waals surface area contributed by atoms with Crippen LogP contribution < -0.4 is 10.1 Å². The molecule has 4 heteroatoms. The molecule has 1 aliphatic heterocycles. The Balaban J connectivity index is 1.56. The molecule has 1 atom stereocenters. The highest BCUT2D eigenvalue weighted by Crippen LogP contribution is 2.21. The van der Waals surface area contributed by atoms with Crippen LogP contribution in [0.5, 0.6) is 5.75 Å². The van der Waals surface area contributed by atoms with Crippen LogP contribution in [0.1, 0.15) is 6.42 Å². The van der Waals surface area contributed by atoms with E-state index in [0.717, 1.165) is 37.2 Å². The molecule has 0 aliphatic carbocycles. The van der Waals surface area contributed by atoms with Crippen molar-refractivity contribution in [1.82, 2.24) is 10.2 Å². The van der Waals surface area contributed by atoms with Gasteiger partial charge >= 0.3 is 0 Å². The number of hydrogen-bond donors (Lipinski definition) is 1. The number of nitrogens with one attached hydrogen (secondary N) is 1. The van der Waals surface area contributed by atoms with E-state index in [2.05, 4.69) is 11.4 Å². The van der Waals surface area contributed by atoms with E-state index in [9.17, 15) is 4.79 Å². The van der Waals surface area contributed by atoms with Gasteiger partial charge in [-0.15, -0.1) is 0 Å². The molecule has 4 nitrogen and oxygen atoms in total. The maximum atomic E-state index is 12.2. The summed E-state index contributed by atoms with van der Waals surface area (Å²) >= 11 is 0. The van der Waals surface area contributed by atoms with Crippen LogP contribution in [0.25, 0.3) is 10.8 Å². The summed E-state index contributed by atoms with van der Waals surface area (Å²) in [5.41, 5.74) is 0. The molecular formula is C18H22N2O2. The third-order valence-corrected chi connectivity index (χ3v) is 4.21. The van der Waals surface area contributed by atoms with Crippen molar-refractivity contribution in [1.29, 1.82) is 0 Å². The summed E-state index contributed by atoms with van der Waals surface area (Å²) in [7, 11) is 1.95. The number of hydrogen-bond acceptors (Lipinski definition) is 3. The molecule has 2 aromatic rings. The van der Waals surface area contributed by atoms with Gasteiger partial charge in [0.05, 0.1) is 0 Å². The predicted octanol–water partition coefficient (Wildman–Crippen LogP) is 2.29. The Labute approximate surface area is 131 Å². The number of carbonyl (C=O) groups excluding carboxylic acids is 1. The lowest BCUT2D eigenvalue weighted by Crippen LogP contribution is -2.34. The normalized spacial score (nSPS) is 17.9. The van der Waals surface area contributed by atoms with Crippen LogP contribution in [0.4, 0.5) is 0 Å². The van der Waals surface area contributed by atoms with E-state index >= 15 is 0 Å². The third-order valence-electron chi connectivity index (χ3n) is 4.21. The molecule has 1 saturated heterocycles. The Kier molecular flexibility index (Phi) is 4.59. The van der Waals surface area contributed by atoms with E-state index in [0.29, 0.717) is 5.92 Å². The van der Waals surface area contributed by atoms with Gasteiger partial charge in [0.2, 0.25) is 0 Å². The largest absolute Gasteiger partial charge is 0.484 e. The number of benzene rings is 2. The fourth-order valence-electron chi connectivity index (χ4n) is 3.01. The van der Waals surface area contributed by atoms with Crippen LogP contribution in [-0.4, -0.2) is 44.1 Å². The fraction of sp³-hybridized carbons (Fsp3) is 0.389. The number of ether oxygens (including phenoxy) is 1. The Bertz CT molecular complexity index is 656. The first-order valence-corrected chi connectivity index (χ1v) is 7.80. The van der Waals surface area contributed by atoms with Gasteiger partial charge in [0, 0.05) is 13.1 Å². The first-order valence-electron chi connectivity index (χ1n) is 7.80. The Morgan fingerprint density at radius 3 is 2.91 bits per heavy atom. The van der Waals surface area contributed by atoms with Crippen LogP contribution in [0, 0.1) is 5.92 Å². The van der Waals surface area contributed by atoms with E-state index in [1.165, 1.54) is 5.39 Å². The van der Waals surface area contributed by atoms with Crippen molar-refractivity contribution in [3.8, 4) is 5.75 Å². The van der Waals surface area contributed by atoms with Gasteiger partial charge in [-0.1, -0.05) is 30.3 Å². The zero-order valence-electron chi connectivity index (χ0n) is 12.9. The number of rotatable bonds is 5. The van der Waals surface area contributed by atoms with Crippen molar-refractivity contribution in [3.63, 3.8) is 0 Å². The summed E-state index contributed by atoms with van der Waals surface area (Å²) in [6, 6.07) is 14.1. The molecule has 22 heavy (non-hydrogen) atoms. The molecule has 0 aromatic heterocycles. The minimum Gasteiger partial charge on any atom is -0.484 e. The van der Waals surface area contributed by atoms with Gasteiger partial charge in [0.25, 0.3) is 5.91 Å². The number of likely N-dealkylation sites (tertiary alicyclic amines) is 1. The lowest BCUT2D eigenvalue weighted by molar-refractivity contribution is -0.132. The molecule has 1 heterocycles. The highest BCUT2D eigenvalue weighted by atomic mass is 16.5. The summed E-state index contributed by atoms with van der Waals surface area (Å²) < 4.78 is 5.68. The van der Waals surface area contributed by atoms with Gasteiger partial charge in [0.1, 0.15) is 5.75 Å². The fourth-order valence-corrected chi connectivity index (χ4v) is 3.01. The zero-order valence-corrected chi connectivity index (χ0v) is 12.9. The molecule has 0 bridgehead atoms. The topological polar surface area (TPSA) is 41.6 Å². The second-order valence-electron chi connectivity index (χ2n) is 5.85. The molecule has 1 N–H and O–H groups in total. The second-order valence-corrected chi connectivity index (χ2v) is 5.85. The first kappa shape index (κ1) is 14.9. The van der Waals surface area contributed by atoms with Gasteiger partial charge < -0.3 is 15.0 Å². The maximum absolute atomic E-state index is 12.2. The second kappa shape index (κ2) is 6.79. The van der Waals surface area contributed by atoms with Crippen molar-refractivity contribution in [2.75, 3.05) is 33.3 Å². The Hall–Kier alpha value is -2.07. The van der Waals surface area contributed by atoms with E-state index in [-0.39, 0.29) is 12.5 Å². The number of fused-ring (bicyclic) bond motifs is 1. The predicted molar refractivity (Wildman–Crippen MR) is 88.1 cm³/mol. The molecule has 116 valence electrons. The zero-order chi connectivity index (χ0) is 15.4. The average Bonchev–Trinajstić information content (AvgIpc) is 3.01. The van der Waals surface area contributed by atoms with E-state index in [1.807, 2.05) is 48.3 Å². The molecule has 3 rings (SSSR count). The first-order chi connectivity index (χ1) is 10.8. The average molecular weight is 298 g/mol. The van der Waals surface area contributed by atoms with Gasteiger partial charge in [-0.3, -0.25) is 4.79 Å². The van der Waals surface area contributed by atoms with Crippen LogP contribution >= 0.6 is 0 Å². The molecule has 0 saturated carbocycles. The summed E-state index contributed by atoms with van der Waals surface area (Å²) in [6.07, 6.45) is 1.07. The van der Waals surface area contributed by atoms with Crippen LogP contribution in [-0.2, 0) is 4.79 Å². The molecule has 2 aromatic carbocycles. The molecular weight excluding hydrogens is 276 g/mol. The molecule has 1 amide bonds. The van der Waals surface area contributed by atoms with Crippen LogP contribution in [0.3, 0.4) is 0 Å². The number of amides is 1. The van der Waals surface area contributed by atoms with Crippen molar-refractivity contribution >= 4 is 16.7 Å². The van der Waals surface area contributed by atoms with Crippen LogP contribution in [0.15, 0.2) is 42.5 Å². The highest BCUT2D eigenvalue weighted by molar-refractivity contribution is 5.84. The standard InChI is InChI=1S/C18H22N2O2/c1-19-11-14-8-9-20(12-14)18(21)13-22-17-7-6-15-4-2-3-5-16(15)10-17/h2-7,10,14,19H,8-9,11-13H2,1H3. The van der Waals surface area contributed by atoms with Crippen molar-refractivity contribution in [2.45, 2.75) is 6.42 Å². The minimum atomic E-state index is 0.0757. The smallest absolute Gasteiger partial charge is 0.260 e. The summed E-state index contributed by atoms with van der Waals surface area (Å²) in [4.78, 5) is 14.1. The quantitative estimate of drug-likeness (QED) is 0.921. The lowest BCUT2D eigenvalue weighted by Gasteiger charge is -2.17. The molecule has 1 aliphatic rings. The van der Waals surface area contributed by atoms with Gasteiger partial charge in [0.15, 0.2) is 6.61 Å². The molecule has 1 unspecified atom stereocenters. The Morgan fingerprint density at radius 1 is 1.27 bits per heavy atom. The number of carbonyl (C=O) groups is 1. The Morgan fingerprint density at radius 2 is 2.09 bits per heavy atom. The SMILES string of the molecule is CNCC1CCN(C(=O)COc2ccc3ccccc3c2)C1. The molecule has 0 spiro atoms. The van der Waals surface area contributed by atoms with E-state index < -0.39 is 0 Å². The number of nitrogens with zero attached hydrogens (tertiary/aromatic N) is 1. The summed E-state index contributed by atoms with van der Waals surface area (Å²) in [5.74, 6) is 1.39. The van der Waals surface area contributed by atoms with E-state index in [4.69, 9.17) is 4.74 Å². The van der Waals surface area contributed by atoms with Crippen molar-refractivity contribution < 1.29 is 9.53 Å². The molecule has 0 radical (unpaired) electrons. The summed E-state index contributed by atoms with van der Waals surface area (Å²) in [5, 5.41) is 5.48. The van der Waals surface area contributed by atoms with E-state index in [1.54, 1.807) is 0 Å². The molecule has 1 fully saturated rings. The van der Waals surface area contributed by atoms with Crippen molar-refractivity contribution in [2.24, 2.45) is 5.92 Å². The highest BCUT2D eigenvalue weighted by Gasteiger charge is 2.25. The van der Waals surface area contributed by atoms with Crippen molar-refractivity contribution in [3.05, 3.63) is 42.5 Å². The maximum Gasteiger partial charge on any atom is 0.260 e. The van der Waals surface area contributed by atoms with Gasteiger partial charge in [-0.05, 0) is 48.8 Å². The summed E-state index contributed by atoms with van der Waals surface area (Å²) in [6.45, 7) is 2.76. The van der Waals surface area contributed by atoms with Gasteiger partial charge in [-0.25, -0.2) is 0 Å². The lowest BCUT2D eigenvalue weighted by atomic mass is 10.1. The van der Waals surface area contributed by atoms with Crippen LogP contribution in [0.2, 0.25) is 0 Å². The third kappa shape index (κ3) is 3.39.